The molecule has 0 radical (unpaired) electrons. The highest BCUT2D eigenvalue weighted by atomic mass is 14.9. The number of hydrogen-bond donors (Lipinski definition) is 1. The number of benzene rings is 1. The third-order valence-electron chi connectivity index (χ3n) is 3.05. The molecule has 1 aromatic carbocycles. The van der Waals surface area contributed by atoms with Crippen molar-refractivity contribution < 1.29 is 0 Å². The first-order valence-corrected chi connectivity index (χ1v) is 7.07. The van der Waals surface area contributed by atoms with Crippen LogP contribution in [-0.4, -0.2) is 0 Å². The molecule has 1 rings (SSSR count). The van der Waals surface area contributed by atoms with Gasteiger partial charge in [0, 0.05) is 5.70 Å². The summed E-state index contributed by atoms with van der Waals surface area (Å²) in [6.07, 6.45) is 11.5. The minimum absolute atomic E-state index is 0.362. The first-order chi connectivity index (χ1) is 9.31. The maximum Gasteiger partial charge on any atom is 0.0513 e. The average molecular weight is 255 g/mol. The zero-order valence-electron chi connectivity index (χ0n) is 12.1. The van der Waals surface area contributed by atoms with E-state index in [1.165, 1.54) is 5.56 Å². The lowest BCUT2D eigenvalue weighted by Gasteiger charge is -2.20. The molecule has 0 saturated carbocycles. The lowest BCUT2D eigenvalue weighted by Crippen LogP contribution is -2.19. The Morgan fingerprint density at radius 2 is 2.05 bits per heavy atom. The maximum atomic E-state index is 3.89. The third-order valence-corrected chi connectivity index (χ3v) is 3.05. The summed E-state index contributed by atoms with van der Waals surface area (Å²) in [4.78, 5) is 0. The molecular formula is C18H25N. The van der Waals surface area contributed by atoms with Crippen LogP contribution in [-0.2, 0) is 0 Å². The molecule has 0 aliphatic carbocycles. The fourth-order valence-electron chi connectivity index (χ4n) is 2.03. The summed E-state index contributed by atoms with van der Waals surface area (Å²) in [6, 6.07) is 11.0. The number of nitrogens with one attached hydrogen (secondary N) is 1. The molecule has 0 amide bonds. The highest BCUT2D eigenvalue weighted by molar-refractivity contribution is 5.23. The first-order valence-electron chi connectivity index (χ1n) is 7.07. The van der Waals surface area contributed by atoms with Crippen molar-refractivity contribution >= 4 is 0 Å². The monoisotopic (exact) mass is 255 g/mol. The quantitative estimate of drug-likeness (QED) is 0.500. The van der Waals surface area contributed by atoms with E-state index in [2.05, 4.69) is 67.4 Å². The summed E-state index contributed by atoms with van der Waals surface area (Å²) in [5.41, 5.74) is 2.45. The molecule has 19 heavy (non-hydrogen) atoms. The summed E-state index contributed by atoms with van der Waals surface area (Å²) in [5.74, 6) is 0. The standard InChI is InChI=1S/C18H25N/c1-4-7-9-15-17(6-3)19-18(12-5-2)16-13-10-8-11-14-16/h4,6-8,10-11,13-15,18-19H,3,5,9,12H2,1-2H3/b7-4-,17-15+. The van der Waals surface area contributed by atoms with E-state index in [-0.39, 0.29) is 0 Å². The topological polar surface area (TPSA) is 12.0 Å². The second-order valence-corrected chi connectivity index (χ2v) is 4.56. The summed E-state index contributed by atoms with van der Waals surface area (Å²) in [6.45, 7) is 8.15. The molecule has 1 nitrogen and oxygen atoms in total. The molecule has 0 aliphatic heterocycles. The van der Waals surface area contributed by atoms with Crippen LogP contribution in [0.3, 0.4) is 0 Å². The van der Waals surface area contributed by atoms with Crippen LogP contribution in [0.5, 0.6) is 0 Å². The Balaban J connectivity index is 2.77. The summed E-state index contributed by atoms with van der Waals surface area (Å²) in [5, 5.41) is 3.59. The fraction of sp³-hybridized carbons (Fsp3) is 0.333. The molecule has 0 aliphatic rings. The molecule has 0 bridgehead atoms. The van der Waals surface area contributed by atoms with Gasteiger partial charge in [-0.15, -0.1) is 0 Å². The lowest BCUT2D eigenvalue weighted by atomic mass is 10.0. The molecule has 0 heterocycles. The Labute approximate surface area is 117 Å². The number of hydrogen-bond acceptors (Lipinski definition) is 1. The van der Waals surface area contributed by atoms with Crippen LogP contribution >= 0.6 is 0 Å². The molecule has 1 heteroatoms. The van der Waals surface area contributed by atoms with E-state index in [9.17, 15) is 0 Å². The van der Waals surface area contributed by atoms with E-state index in [1.807, 2.05) is 13.0 Å². The van der Waals surface area contributed by atoms with Gasteiger partial charge in [0.2, 0.25) is 0 Å². The molecule has 1 unspecified atom stereocenters. The van der Waals surface area contributed by atoms with E-state index in [4.69, 9.17) is 0 Å². The van der Waals surface area contributed by atoms with Crippen LogP contribution in [0.25, 0.3) is 0 Å². The van der Waals surface area contributed by atoms with Crippen molar-refractivity contribution in [3.63, 3.8) is 0 Å². The molecule has 0 aromatic heterocycles. The molecule has 1 atom stereocenters. The molecule has 0 spiro atoms. The number of allylic oxidation sites excluding steroid dienone is 4. The Bertz CT molecular complexity index is 415. The predicted octanol–water partition coefficient (Wildman–Crippen LogP) is 5.15. The molecular weight excluding hydrogens is 230 g/mol. The summed E-state index contributed by atoms with van der Waals surface area (Å²) in [7, 11) is 0. The molecule has 0 fully saturated rings. The van der Waals surface area contributed by atoms with E-state index >= 15 is 0 Å². The first kappa shape index (κ1) is 15.3. The highest BCUT2D eigenvalue weighted by Crippen LogP contribution is 2.19. The van der Waals surface area contributed by atoms with Gasteiger partial charge >= 0.3 is 0 Å². The second kappa shape index (κ2) is 9.21. The smallest absolute Gasteiger partial charge is 0.0513 e. The molecule has 1 aromatic rings. The summed E-state index contributed by atoms with van der Waals surface area (Å²) < 4.78 is 0. The maximum absolute atomic E-state index is 3.89. The Kier molecular flexibility index (Phi) is 7.41. The van der Waals surface area contributed by atoms with Crippen molar-refractivity contribution in [2.24, 2.45) is 0 Å². The fourth-order valence-corrected chi connectivity index (χ4v) is 2.03. The molecule has 0 saturated heterocycles. The SMILES string of the molecule is C=C/C(=C\C/C=C\C)NC(CCC)c1ccccc1. The summed E-state index contributed by atoms with van der Waals surface area (Å²) >= 11 is 0. The highest BCUT2D eigenvalue weighted by Gasteiger charge is 2.09. The third kappa shape index (κ3) is 5.60. The van der Waals surface area contributed by atoms with Crippen molar-refractivity contribution in [1.29, 1.82) is 0 Å². The molecule has 102 valence electrons. The van der Waals surface area contributed by atoms with Gasteiger partial charge in [0.1, 0.15) is 0 Å². The zero-order chi connectivity index (χ0) is 13.9. The largest absolute Gasteiger partial charge is 0.379 e. The van der Waals surface area contributed by atoms with Crippen LogP contribution in [0.4, 0.5) is 0 Å². The van der Waals surface area contributed by atoms with Gasteiger partial charge in [-0.1, -0.05) is 68.5 Å². The van der Waals surface area contributed by atoms with Gasteiger partial charge in [-0.25, -0.2) is 0 Å². The van der Waals surface area contributed by atoms with E-state index in [0.29, 0.717) is 6.04 Å². The predicted molar refractivity (Wildman–Crippen MR) is 84.9 cm³/mol. The van der Waals surface area contributed by atoms with Crippen molar-refractivity contribution in [2.75, 3.05) is 0 Å². The van der Waals surface area contributed by atoms with Crippen LogP contribution < -0.4 is 5.32 Å². The Hall–Kier alpha value is -1.76. The van der Waals surface area contributed by atoms with Crippen LogP contribution in [0.2, 0.25) is 0 Å². The average Bonchev–Trinajstić information content (AvgIpc) is 2.46. The van der Waals surface area contributed by atoms with Gasteiger partial charge in [-0.3, -0.25) is 0 Å². The van der Waals surface area contributed by atoms with Gasteiger partial charge in [0.05, 0.1) is 6.04 Å². The minimum atomic E-state index is 0.362. The number of rotatable bonds is 8. The normalized spacial score (nSPS) is 13.5. The second-order valence-electron chi connectivity index (χ2n) is 4.56. The molecule has 1 N–H and O–H groups in total. The van der Waals surface area contributed by atoms with Gasteiger partial charge in [0.15, 0.2) is 0 Å². The van der Waals surface area contributed by atoms with Crippen molar-refractivity contribution in [2.45, 2.75) is 39.2 Å². The van der Waals surface area contributed by atoms with E-state index < -0.39 is 0 Å². The van der Waals surface area contributed by atoms with Crippen molar-refractivity contribution in [1.82, 2.24) is 5.32 Å². The Morgan fingerprint density at radius 1 is 1.32 bits per heavy atom. The van der Waals surface area contributed by atoms with Gasteiger partial charge in [-0.2, -0.15) is 0 Å². The van der Waals surface area contributed by atoms with Crippen molar-refractivity contribution in [3.8, 4) is 0 Å². The van der Waals surface area contributed by atoms with Gasteiger partial charge < -0.3 is 5.32 Å². The van der Waals surface area contributed by atoms with Crippen molar-refractivity contribution in [3.05, 3.63) is 72.5 Å². The van der Waals surface area contributed by atoms with E-state index in [0.717, 1.165) is 25.0 Å². The minimum Gasteiger partial charge on any atom is -0.379 e. The van der Waals surface area contributed by atoms with Crippen LogP contribution in [0.1, 0.15) is 44.7 Å². The van der Waals surface area contributed by atoms with E-state index in [1.54, 1.807) is 0 Å². The van der Waals surface area contributed by atoms with Crippen LogP contribution in [0, 0.1) is 0 Å². The zero-order valence-corrected chi connectivity index (χ0v) is 12.1. The van der Waals surface area contributed by atoms with Gasteiger partial charge in [0.25, 0.3) is 0 Å². The van der Waals surface area contributed by atoms with Gasteiger partial charge in [-0.05, 0) is 31.4 Å². The Morgan fingerprint density at radius 3 is 2.63 bits per heavy atom. The van der Waals surface area contributed by atoms with Crippen LogP contribution in [0.15, 0.2) is 66.9 Å². The lowest BCUT2D eigenvalue weighted by molar-refractivity contribution is 0.550.